The van der Waals surface area contributed by atoms with Gasteiger partial charge in [0, 0.05) is 32.5 Å². The first-order chi connectivity index (χ1) is 8.60. The smallest absolute Gasteiger partial charge is 0.240 e. The highest BCUT2D eigenvalue weighted by Crippen LogP contribution is 2.13. The average Bonchev–Trinajstić information content (AvgIpc) is 2.35. The van der Waals surface area contributed by atoms with Crippen LogP contribution in [0.5, 0.6) is 0 Å². The Bertz CT molecular complexity index is 443. The van der Waals surface area contributed by atoms with Crippen LogP contribution < -0.4 is 10.0 Å². The molecule has 0 unspecified atom stereocenters. The quantitative estimate of drug-likeness (QED) is 0.703. The minimum Gasteiger partial charge on any atom is -0.385 e. The second-order valence-electron chi connectivity index (χ2n) is 3.80. The molecule has 0 bridgehead atoms. The predicted molar refractivity (Wildman–Crippen MR) is 72.3 cm³/mol. The van der Waals surface area contributed by atoms with Crippen molar-refractivity contribution in [2.24, 2.45) is 0 Å². The first kappa shape index (κ1) is 14.9. The van der Waals surface area contributed by atoms with E-state index >= 15 is 0 Å². The van der Waals surface area contributed by atoms with Gasteiger partial charge in [-0.05, 0) is 30.7 Å². The maximum Gasteiger partial charge on any atom is 0.240 e. The number of sulfonamides is 1. The summed E-state index contributed by atoms with van der Waals surface area (Å²) in [6.45, 7) is 3.65. The van der Waals surface area contributed by atoms with Crippen LogP contribution in [-0.2, 0) is 14.8 Å². The monoisotopic (exact) mass is 272 g/mol. The zero-order valence-electron chi connectivity index (χ0n) is 10.8. The largest absolute Gasteiger partial charge is 0.385 e. The van der Waals surface area contributed by atoms with Crippen LogP contribution in [-0.4, -0.2) is 35.2 Å². The van der Waals surface area contributed by atoms with Crippen molar-refractivity contribution in [1.29, 1.82) is 0 Å². The molecule has 1 aromatic carbocycles. The number of rotatable bonds is 8. The molecule has 1 rings (SSSR count). The molecule has 0 spiro atoms. The third-order valence-corrected chi connectivity index (χ3v) is 3.91. The van der Waals surface area contributed by atoms with Crippen molar-refractivity contribution in [3.8, 4) is 0 Å². The molecule has 102 valence electrons. The van der Waals surface area contributed by atoms with Crippen molar-refractivity contribution < 1.29 is 13.2 Å². The van der Waals surface area contributed by atoms with Crippen molar-refractivity contribution in [3.05, 3.63) is 24.3 Å². The van der Waals surface area contributed by atoms with E-state index in [4.69, 9.17) is 4.74 Å². The van der Waals surface area contributed by atoms with Gasteiger partial charge in [-0.1, -0.05) is 6.92 Å². The second-order valence-corrected chi connectivity index (χ2v) is 5.57. The van der Waals surface area contributed by atoms with E-state index < -0.39 is 10.0 Å². The van der Waals surface area contributed by atoms with Crippen molar-refractivity contribution in [3.63, 3.8) is 0 Å². The molecule has 0 saturated carbocycles. The first-order valence-electron chi connectivity index (χ1n) is 5.92. The third kappa shape index (κ3) is 4.64. The molecule has 0 saturated heterocycles. The van der Waals surface area contributed by atoms with Gasteiger partial charge in [-0.2, -0.15) is 0 Å². The SMILES string of the molecule is CCNS(=O)(=O)c1ccc(NCCCOC)cc1. The maximum absolute atomic E-state index is 11.7. The third-order valence-electron chi connectivity index (χ3n) is 2.35. The maximum atomic E-state index is 11.7. The summed E-state index contributed by atoms with van der Waals surface area (Å²) < 4.78 is 30.8. The molecular formula is C12H20N2O3S. The number of anilines is 1. The second kappa shape index (κ2) is 7.35. The highest BCUT2D eigenvalue weighted by Gasteiger charge is 2.11. The number of methoxy groups -OCH3 is 1. The van der Waals surface area contributed by atoms with E-state index in [2.05, 4.69) is 10.0 Å². The van der Waals surface area contributed by atoms with Gasteiger partial charge in [0.15, 0.2) is 0 Å². The Morgan fingerprint density at radius 3 is 2.44 bits per heavy atom. The van der Waals surface area contributed by atoms with E-state index in [1.54, 1.807) is 38.3 Å². The van der Waals surface area contributed by atoms with Crippen molar-refractivity contribution in [2.75, 3.05) is 32.1 Å². The zero-order chi connectivity index (χ0) is 13.4. The molecule has 5 nitrogen and oxygen atoms in total. The predicted octanol–water partition coefficient (Wildman–Crippen LogP) is 1.43. The summed E-state index contributed by atoms with van der Waals surface area (Å²) in [5.41, 5.74) is 0.904. The fourth-order valence-corrected chi connectivity index (χ4v) is 2.52. The zero-order valence-corrected chi connectivity index (χ0v) is 11.6. The molecule has 0 amide bonds. The molecule has 0 fully saturated rings. The van der Waals surface area contributed by atoms with Crippen LogP contribution in [0.2, 0.25) is 0 Å². The van der Waals surface area contributed by atoms with Gasteiger partial charge in [0.25, 0.3) is 0 Å². The van der Waals surface area contributed by atoms with E-state index in [9.17, 15) is 8.42 Å². The van der Waals surface area contributed by atoms with Crippen LogP contribution in [0.25, 0.3) is 0 Å². The number of hydrogen-bond donors (Lipinski definition) is 2. The minimum absolute atomic E-state index is 0.284. The molecule has 0 atom stereocenters. The number of nitrogens with one attached hydrogen (secondary N) is 2. The van der Waals surface area contributed by atoms with E-state index in [1.807, 2.05) is 0 Å². The Kier molecular flexibility index (Phi) is 6.11. The van der Waals surface area contributed by atoms with Crippen molar-refractivity contribution in [1.82, 2.24) is 4.72 Å². The normalized spacial score (nSPS) is 11.4. The average molecular weight is 272 g/mol. The molecule has 6 heteroatoms. The number of hydrogen-bond acceptors (Lipinski definition) is 4. The van der Waals surface area contributed by atoms with E-state index in [1.165, 1.54) is 0 Å². The molecule has 1 aromatic rings. The summed E-state index contributed by atoms with van der Waals surface area (Å²) in [4.78, 5) is 0.284. The van der Waals surface area contributed by atoms with Crippen LogP contribution in [0, 0.1) is 0 Å². The standard InChI is InChI=1S/C12H20N2O3S/c1-3-14-18(15,16)12-7-5-11(6-8-12)13-9-4-10-17-2/h5-8,13-14H,3-4,9-10H2,1-2H3. The number of ether oxygens (including phenoxy) is 1. The van der Waals surface area contributed by atoms with Gasteiger partial charge in [-0.3, -0.25) is 0 Å². The van der Waals surface area contributed by atoms with Gasteiger partial charge in [0.05, 0.1) is 4.90 Å². The molecular weight excluding hydrogens is 252 g/mol. The lowest BCUT2D eigenvalue weighted by atomic mass is 10.3. The van der Waals surface area contributed by atoms with Crippen molar-refractivity contribution >= 4 is 15.7 Å². The molecule has 18 heavy (non-hydrogen) atoms. The van der Waals surface area contributed by atoms with Gasteiger partial charge >= 0.3 is 0 Å². The topological polar surface area (TPSA) is 67.4 Å². The van der Waals surface area contributed by atoms with Gasteiger partial charge < -0.3 is 10.1 Å². The van der Waals surface area contributed by atoms with Crippen LogP contribution in [0.4, 0.5) is 5.69 Å². The molecule has 0 aliphatic carbocycles. The fourth-order valence-electron chi connectivity index (χ4n) is 1.47. The van der Waals surface area contributed by atoms with Gasteiger partial charge in [0.1, 0.15) is 0 Å². The highest BCUT2D eigenvalue weighted by molar-refractivity contribution is 7.89. The summed E-state index contributed by atoms with van der Waals surface area (Å²) in [5.74, 6) is 0. The summed E-state index contributed by atoms with van der Waals surface area (Å²) in [5, 5.41) is 3.19. The minimum atomic E-state index is -3.35. The van der Waals surface area contributed by atoms with Gasteiger partial charge in [-0.25, -0.2) is 13.1 Å². The first-order valence-corrected chi connectivity index (χ1v) is 7.41. The van der Waals surface area contributed by atoms with E-state index in [0.29, 0.717) is 13.2 Å². The summed E-state index contributed by atoms with van der Waals surface area (Å²) in [6.07, 6.45) is 0.911. The summed E-state index contributed by atoms with van der Waals surface area (Å²) in [7, 11) is -1.69. The molecule has 0 aromatic heterocycles. The number of benzene rings is 1. The molecule has 0 radical (unpaired) electrons. The van der Waals surface area contributed by atoms with Gasteiger partial charge in [0.2, 0.25) is 10.0 Å². The Labute approximate surface area is 109 Å². The van der Waals surface area contributed by atoms with E-state index in [0.717, 1.165) is 18.7 Å². The van der Waals surface area contributed by atoms with Crippen LogP contribution in [0.15, 0.2) is 29.2 Å². The van der Waals surface area contributed by atoms with E-state index in [-0.39, 0.29) is 4.90 Å². The Balaban J connectivity index is 2.57. The lowest BCUT2D eigenvalue weighted by molar-refractivity contribution is 0.198. The van der Waals surface area contributed by atoms with Crippen LogP contribution in [0.3, 0.4) is 0 Å². The Hall–Kier alpha value is -1.11. The van der Waals surface area contributed by atoms with Crippen LogP contribution >= 0.6 is 0 Å². The van der Waals surface area contributed by atoms with Crippen molar-refractivity contribution in [2.45, 2.75) is 18.2 Å². The lowest BCUT2D eigenvalue weighted by Gasteiger charge is -2.08. The molecule has 0 aliphatic heterocycles. The molecule has 0 aliphatic rings. The molecule has 2 N–H and O–H groups in total. The molecule has 0 heterocycles. The fraction of sp³-hybridized carbons (Fsp3) is 0.500. The Morgan fingerprint density at radius 2 is 1.89 bits per heavy atom. The van der Waals surface area contributed by atoms with Crippen LogP contribution in [0.1, 0.15) is 13.3 Å². The highest BCUT2D eigenvalue weighted by atomic mass is 32.2. The van der Waals surface area contributed by atoms with Gasteiger partial charge in [-0.15, -0.1) is 0 Å². The Morgan fingerprint density at radius 1 is 1.22 bits per heavy atom. The summed E-state index contributed by atoms with van der Waals surface area (Å²) in [6, 6.07) is 6.71. The lowest BCUT2D eigenvalue weighted by Crippen LogP contribution is -2.23. The summed E-state index contributed by atoms with van der Waals surface area (Å²) >= 11 is 0.